The fraction of sp³-hybridized carbons (Fsp3) is 0.364. The molecular weight excluding hydrogens is 372 g/mol. The first-order valence-corrected chi connectivity index (χ1v) is 9.66. The summed E-state index contributed by atoms with van der Waals surface area (Å²) in [5, 5.41) is 0. The van der Waals surface area contributed by atoms with E-state index in [4.69, 9.17) is 14.2 Å². The van der Waals surface area contributed by atoms with E-state index in [1.807, 2.05) is 51.1 Å². The first-order valence-electron chi connectivity index (χ1n) is 9.66. The minimum absolute atomic E-state index is 0.207. The molecule has 2 amide bonds. The van der Waals surface area contributed by atoms with Crippen LogP contribution in [-0.2, 0) is 4.79 Å². The quantitative estimate of drug-likeness (QED) is 0.472. The van der Waals surface area contributed by atoms with Crippen LogP contribution in [0.5, 0.6) is 17.2 Å². The van der Waals surface area contributed by atoms with Crippen LogP contribution < -0.4 is 25.1 Å². The van der Waals surface area contributed by atoms with Gasteiger partial charge in [-0.05, 0) is 43.2 Å². The first kappa shape index (κ1) is 22.1. The van der Waals surface area contributed by atoms with Crippen molar-refractivity contribution in [1.82, 2.24) is 10.9 Å². The van der Waals surface area contributed by atoms with Crippen molar-refractivity contribution in [2.45, 2.75) is 27.2 Å². The fourth-order valence-corrected chi connectivity index (χ4v) is 2.49. The maximum atomic E-state index is 12.3. The van der Waals surface area contributed by atoms with Crippen LogP contribution in [0.15, 0.2) is 48.5 Å². The van der Waals surface area contributed by atoms with E-state index in [9.17, 15) is 9.59 Å². The van der Waals surface area contributed by atoms with Gasteiger partial charge in [0, 0.05) is 12.0 Å². The van der Waals surface area contributed by atoms with Crippen molar-refractivity contribution in [2.75, 3.05) is 19.8 Å². The summed E-state index contributed by atoms with van der Waals surface area (Å²) in [7, 11) is 0. The van der Waals surface area contributed by atoms with Crippen molar-refractivity contribution in [2.24, 2.45) is 5.92 Å². The molecule has 0 saturated heterocycles. The Morgan fingerprint density at radius 1 is 0.897 bits per heavy atom. The van der Waals surface area contributed by atoms with Crippen LogP contribution in [0.4, 0.5) is 0 Å². The first-order chi connectivity index (χ1) is 14.0. The second kappa shape index (κ2) is 11.6. The number of hydrogen-bond acceptors (Lipinski definition) is 5. The Kier molecular flexibility index (Phi) is 8.82. The molecular formula is C22H28N2O5. The molecule has 2 rings (SSSR count). The van der Waals surface area contributed by atoms with Gasteiger partial charge in [0.2, 0.25) is 5.91 Å². The molecule has 7 nitrogen and oxygen atoms in total. The minimum Gasteiger partial charge on any atom is -0.490 e. The number of ether oxygens (including phenoxy) is 3. The SMILES string of the molecule is CCOc1cc(C(=O)NNC(=O)CC(C)C)ccc1OCCOc1ccccc1. The van der Waals surface area contributed by atoms with Gasteiger partial charge < -0.3 is 14.2 Å². The summed E-state index contributed by atoms with van der Waals surface area (Å²) < 4.78 is 16.9. The van der Waals surface area contributed by atoms with E-state index < -0.39 is 5.91 Å². The van der Waals surface area contributed by atoms with Gasteiger partial charge in [-0.2, -0.15) is 0 Å². The molecule has 0 fully saturated rings. The van der Waals surface area contributed by atoms with E-state index in [0.717, 1.165) is 5.75 Å². The van der Waals surface area contributed by atoms with Crippen molar-refractivity contribution in [3.8, 4) is 17.2 Å². The molecule has 0 saturated carbocycles. The second-order valence-corrected chi connectivity index (χ2v) is 6.70. The summed E-state index contributed by atoms with van der Waals surface area (Å²) in [6, 6.07) is 14.3. The Labute approximate surface area is 171 Å². The van der Waals surface area contributed by atoms with E-state index in [1.54, 1.807) is 18.2 Å². The summed E-state index contributed by atoms with van der Waals surface area (Å²) in [5.41, 5.74) is 5.17. The van der Waals surface area contributed by atoms with Crippen molar-refractivity contribution in [1.29, 1.82) is 0 Å². The van der Waals surface area contributed by atoms with Gasteiger partial charge in [-0.15, -0.1) is 0 Å². The Balaban J connectivity index is 1.91. The minimum atomic E-state index is -0.429. The Morgan fingerprint density at radius 2 is 1.62 bits per heavy atom. The lowest BCUT2D eigenvalue weighted by Crippen LogP contribution is -2.42. The zero-order valence-corrected chi connectivity index (χ0v) is 17.1. The molecule has 29 heavy (non-hydrogen) atoms. The number of benzene rings is 2. The molecule has 0 aliphatic carbocycles. The number of para-hydroxylation sites is 1. The number of nitrogens with one attached hydrogen (secondary N) is 2. The smallest absolute Gasteiger partial charge is 0.269 e. The van der Waals surface area contributed by atoms with E-state index in [1.165, 1.54) is 0 Å². The maximum Gasteiger partial charge on any atom is 0.269 e. The second-order valence-electron chi connectivity index (χ2n) is 6.70. The zero-order valence-electron chi connectivity index (χ0n) is 17.1. The average molecular weight is 400 g/mol. The number of hydrazine groups is 1. The number of carbonyl (C=O) groups excluding carboxylic acids is 2. The molecule has 0 unspecified atom stereocenters. The number of hydrogen-bond donors (Lipinski definition) is 2. The van der Waals surface area contributed by atoms with Crippen molar-refractivity contribution >= 4 is 11.8 Å². The molecule has 0 aromatic heterocycles. The molecule has 0 radical (unpaired) electrons. The largest absolute Gasteiger partial charge is 0.490 e. The highest BCUT2D eigenvalue weighted by Crippen LogP contribution is 2.28. The molecule has 0 atom stereocenters. The molecule has 0 aliphatic rings. The van der Waals surface area contributed by atoms with Gasteiger partial charge in [0.25, 0.3) is 5.91 Å². The summed E-state index contributed by atoms with van der Waals surface area (Å²) >= 11 is 0. The molecule has 2 aromatic carbocycles. The third-order valence-corrected chi connectivity index (χ3v) is 3.77. The van der Waals surface area contributed by atoms with Crippen molar-refractivity contribution in [3.05, 3.63) is 54.1 Å². The fourth-order valence-electron chi connectivity index (χ4n) is 2.49. The number of amides is 2. The van der Waals surface area contributed by atoms with Gasteiger partial charge in [0.05, 0.1) is 6.61 Å². The van der Waals surface area contributed by atoms with Crippen LogP contribution in [0.2, 0.25) is 0 Å². The Hall–Kier alpha value is -3.22. The van der Waals surface area contributed by atoms with Crippen LogP contribution in [0.3, 0.4) is 0 Å². The zero-order chi connectivity index (χ0) is 21.1. The lowest BCUT2D eigenvalue weighted by Gasteiger charge is -2.14. The predicted molar refractivity (Wildman–Crippen MR) is 110 cm³/mol. The highest BCUT2D eigenvalue weighted by Gasteiger charge is 2.13. The molecule has 7 heteroatoms. The molecule has 0 heterocycles. The predicted octanol–water partition coefficient (Wildman–Crippen LogP) is 3.35. The van der Waals surface area contributed by atoms with Crippen molar-refractivity contribution < 1.29 is 23.8 Å². The highest BCUT2D eigenvalue weighted by molar-refractivity contribution is 5.96. The number of carbonyl (C=O) groups is 2. The van der Waals surface area contributed by atoms with E-state index in [2.05, 4.69) is 10.9 Å². The summed E-state index contributed by atoms with van der Waals surface area (Å²) in [6.07, 6.45) is 0.336. The van der Waals surface area contributed by atoms with Gasteiger partial charge >= 0.3 is 0 Å². The van der Waals surface area contributed by atoms with Crippen LogP contribution in [0.1, 0.15) is 37.6 Å². The standard InChI is InChI=1S/C22H28N2O5/c1-4-27-20-15-17(22(26)24-23-21(25)14-16(2)3)10-11-19(20)29-13-12-28-18-8-6-5-7-9-18/h5-11,15-16H,4,12-14H2,1-3H3,(H,23,25)(H,24,26). The Morgan fingerprint density at radius 3 is 2.31 bits per heavy atom. The lowest BCUT2D eigenvalue weighted by atomic mass is 10.1. The van der Waals surface area contributed by atoms with Gasteiger partial charge in [-0.1, -0.05) is 32.0 Å². The third kappa shape index (κ3) is 7.73. The van der Waals surface area contributed by atoms with Gasteiger partial charge in [-0.25, -0.2) is 0 Å². The van der Waals surface area contributed by atoms with Gasteiger partial charge in [0.15, 0.2) is 11.5 Å². The van der Waals surface area contributed by atoms with E-state index >= 15 is 0 Å². The summed E-state index contributed by atoms with van der Waals surface area (Å²) in [4.78, 5) is 24.0. The molecule has 0 spiro atoms. The van der Waals surface area contributed by atoms with Gasteiger partial charge in [-0.3, -0.25) is 20.4 Å². The topological polar surface area (TPSA) is 85.9 Å². The summed E-state index contributed by atoms with van der Waals surface area (Å²) in [6.45, 7) is 6.83. The molecule has 2 aromatic rings. The monoisotopic (exact) mass is 400 g/mol. The lowest BCUT2D eigenvalue weighted by molar-refractivity contribution is -0.122. The van der Waals surface area contributed by atoms with Gasteiger partial charge in [0.1, 0.15) is 19.0 Å². The van der Waals surface area contributed by atoms with Crippen LogP contribution >= 0.6 is 0 Å². The summed E-state index contributed by atoms with van der Waals surface area (Å²) in [5.74, 6) is 1.28. The average Bonchev–Trinajstić information content (AvgIpc) is 2.70. The molecule has 2 N–H and O–H groups in total. The highest BCUT2D eigenvalue weighted by atomic mass is 16.5. The van der Waals surface area contributed by atoms with Crippen molar-refractivity contribution in [3.63, 3.8) is 0 Å². The number of rotatable bonds is 10. The third-order valence-electron chi connectivity index (χ3n) is 3.77. The molecule has 156 valence electrons. The maximum absolute atomic E-state index is 12.3. The normalized spacial score (nSPS) is 10.3. The van der Waals surface area contributed by atoms with Crippen LogP contribution in [-0.4, -0.2) is 31.6 Å². The molecule has 0 aliphatic heterocycles. The van der Waals surface area contributed by atoms with E-state index in [-0.39, 0.29) is 11.8 Å². The Bertz CT molecular complexity index is 793. The van der Waals surface area contributed by atoms with Crippen LogP contribution in [0.25, 0.3) is 0 Å². The van der Waals surface area contributed by atoms with Crippen LogP contribution in [0, 0.1) is 5.92 Å². The molecule has 0 bridgehead atoms. The van der Waals surface area contributed by atoms with E-state index in [0.29, 0.717) is 43.3 Å².